The molecule has 1 spiro atoms. The fraction of sp³-hybridized carbons (Fsp3) is 0.464. The maximum Gasteiger partial charge on any atom is 0.410 e. The molecule has 0 unspecified atom stereocenters. The summed E-state index contributed by atoms with van der Waals surface area (Å²) in [5, 5.41) is 7.98. The number of likely N-dealkylation sites (tertiary alicyclic amines) is 1. The molecule has 1 atom stereocenters. The summed E-state index contributed by atoms with van der Waals surface area (Å²) in [7, 11) is 0. The van der Waals surface area contributed by atoms with Gasteiger partial charge in [-0.3, -0.25) is 4.68 Å². The topological polar surface area (TPSA) is 81.5 Å². The van der Waals surface area contributed by atoms with Gasteiger partial charge in [-0.05, 0) is 70.1 Å². The molecule has 4 heterocycles. The van der Waals surface area contributed by atoms with E-state index in [-0.39, 0.29) is 16.5 Å². The van der Waals surface area contributed by atoms with E-state index < -0.39 is 17.6 Å². The first-order valence-electron chi connectivity index (χ1n) is 13.1. The van der Waals surface area contributed by atoms with Crippen LogP contribution < -0.4 is 10.1 Å². The first kappa shape index (κ1) is 26.2. The highest BCUT2D eigenvalue weighted by atomic mass is 35.5. The molecular formula is C28H30Cl2FN5O3. The molecule has 6 rings (SSSR count). The summed E-state index contributed by atoms with van der Waals surface area (Å²) >= 11 is 12.4. The van der Waals surface area contributed by atoms with Crippen LogP contribution in [0.4, 0.5) is 15.0 Å². The van der Waals surface area contributed by atoms with E-state index in [0.717, 1.165) is 49.9 Å². The molecule has 0 radical (unpaired) electrons. The first-order chi connectivity index (χ1) is 18.5. The lowest BCUT2D eigenvalue weighted by atomic mass is 9.60. The number of benzene rings is 1. The first-order valence-corrected chi connectivity index (χ1v) is 13.8. The summed E-state index contributed by atoms with van der Waals surface area (Å²) in [5.74, 6) is 0.497. The van der Waals surface area contributed by atoms with Crippen molar-refractivity contribution in [1.82, 2.24) is 19.7 Å². The lowest BCUT2D eigenvalue weighted by molar-refractivity contribution is -0.0258. The highest BCUT2D eigenvalue weighted by Gasteiger charge is 2.47. The van der Waals surface area contributed by atoms with Gasteiger partial charge in [0.05, 0.1) is 27.8 Å². The van der Waals surface area contributed by atoms with Gasteiger partial charge in [0.1, 0.15) is 11.4 Å². The summed E-state index contributed by atoms with van der Waals surface area (Å²) in [5.41, 5.74) is 1.91. The summed E-state index contributed by atoms with van der Waals surface area (Å²) in [6, 6.07) is 4.89. The molecule has 8 nitrogen and oxygen atoms in total. The van der Waals surface area contributed by atoms with Gasteiger partial charge in [0, 0.05) is 36.6 Å². The Morgan fingerprint density at radius 1 is 1.18 bits per heavy atom. The molecule has 3 aromatic rings. The summed E-state index contributed by atoms with van der Waals surface area (Å²) in [4.78, 5) is 18.7. The fourth-order valence-corrected chi connectivity index (χ4v) is 6.28. The van der Waals surface area contributed by atoms with E-state index >= 15 is 0 Å². The predicted molar refractivity (Wildman–Crippen MR) is 147 cm³/mol. The number of fused-ring (bicyclic) bond motifs is 1. The van der Waals surface area contributed by atoms with Gasteiger partial charge in [-0.2, -0.15) is 5.10 Å². The van der Waals surface area contributed by atoms with Crippen LogP contribution in [-0.2, 0) is 4.74 Å². The van der Waals surface area contributed by atoms with Crippen LogP contribution in [0, 0.1) is 11.2 Å². The molecular weight excluding hydrogens is 544 g/mol. The van der Waals surface area contributed by atoms with Crippen molar-refractivity contribution in [2.24, 2.45) is 5.41 Å². The summed E-state index contributed by atoms with van der Waals surface area (Å²) < 4.78 is 27.6. The molecule has 11 heteroatoms. The molecule has 1 aliphatic carbocycles. The average molecular weight is 574 g/mol. The Hall–Kier alpha value is -3.04. The number of anilines is 1. The number of ether oxygens (including phenoxy) is 2. The van der Waals surface area contributed by atoms with Crippen LogP contribution in [0.2, 0.25) is 10.0 Å². The molecule has 2 fully saturated rings. The van der Waals surface area contributed by atoms with Crippen LogP contribution in [0.3, 0.4) is 0 Å². The van der Waals surface area contributed by atoms with Crippen molar-refractivity contribution >= 4 is 35.1 Å². The number of halogens is 3. The smallest absolute Gasteiger partial charge is 0.410 e. The molecule has 2 aliphatic heterocycles. The van der Waals surface area contributed by atoms with Crippen LogP contribution in [0.1, 0.15) is 64.3 Å². The molecule has 1 saturated heterocycles. The second-order valence-electron chi connectivity index (χ2n) is 11.7. The number of hydrogen-bond donors (Lipinski definition) is 1. The van der Waals surface area contributed by atoms with Gasteiger partial charge in [-0.15, -0.1) is 0 Å². The number of carbonyl (C=O) groups is 1. The van der Waals surface area contributed by atoms with E-state index in [9.17, 15) is 9.18 Å². The Bertz CT molecular complexity index is 1420. The fourth-order valence-electron chi connectivity index (χ4n) is 5.71. The van der Waals surface area contributed by atoms with Crippen LogP contribution in [0.25, 0.3) is 11.1 Å². The standard InChI is InChI=1S/C28H30Cl2FN5O3/c1-27(2,3)39-26(37)35-8-6-28(7-9-35)11-18(12-28)36-15-17(14-33-36)16-10-21-24(32-13-16)34-25(38-21)22-19(29)4-5-20(31)23(22)30/h4-5,10,13-15,18,25H,6-9,11-12H2,1-3H3,(H,32,34)/t25-/m0/s1. The zero-order chi connectivity index (χ0) is 27.5. The monoisotopic (exact) mass is 573 g/mol. The van der Waals surface area contributed by atoms with Crippen molar-refractivity contribution in [3.05, 3.63) is 58.2 Å². The molecule has 1 N–H and O–H groups in total. The number of rotatable bonds is 3. The number of aromatic nitrogens is 3. The van der Waals surface area contributed by atoms with Crippen LogP contribution in [0.5, 0.6) is 5.75 Å². The van der Waals surface area contributed by atoms with Gasteiger partial charge in [0.25, 0.3) is 0 Å². The molecule has 3 aliphatic rings. The molecule has 39 heavy (non-hydrogen) atoms. The van der Waals surface area contributed by atoms with E-state index in [1.165, 1.54) is 12.1 Å². The van der Waals surface area contributed by atoms with E-state index in [0.29, 0.717) is 28.2 Å². The maximum absolute atomic E-state index is 14.0. The minimum atomic E-state index is -0.742. The number of nitrogens with zero attached hydrogens (tertiary/aromatic N) is 4. The number of nitrogens with one attached hydrogen (secondary N) is 1. The second kappa shape index (κ2) is 9.55. The van der Waals surface area contributed by atoms with E-state index in [1.54, 1.807) is 6.20 Å². The third-order valence-corrected chi connectivity index (χ3v) is 8.54. The third-order valence-electron chi connectivity index (χ3n) is 7.83. The molecule has 1 aromatic carbocycles. The normalized spacial score (nSPS) is 20.3. The third kappa shape index (κ3) is 5.02. The van der Waals surface area contributed by atoms with Crippen LogP contribution in [0.15, 0.2) is 36.8 Å². The van der Waals surface area contributed by atoms with E-state index in [1.807, 2.05) is 48.8 Å². The Labute approximate surface area is 236 Å². The Morgan fingerprint density at radius 2 is 1.92 bits per heavy atom. The number of piperidine rings is 1. The Morgan fingerprint density at radius 3 is 2.64 bits per heavy atom. The van der Waals surface area contributed by atoms with E-state index in [4.69, 9.17) is 32.7 Å². The summed E-state index contributed by atoms with van der Waals surface area (Å²) in [6.45, 7) is 7.14. The zero-order valence-electron chi connectivity index (χ0n) is 22.0. The Kier molecular flexibility index (Phi) is 6.42. The van der Waals surface area contributed by atoms with Crippen molar-refractivity contribution < 1.29 is 18.7 Å². The lowest BCUT2D eigenvalue weighted by Crippen LogP contribution is -2.50. The minimum absolute atomic E-state index is 0.0805. The highest BCUT2D eigenvalue weighted by Crippen LogP contribution is 2.55. The highest BCUT2D eigenvalue weighted by molar-refractivity contribution is 6.36. The number of carbonyl (C=O) groups excluding carboxylic acids is 1. The predicted octanol–water partition coefficient (Wildman–Crippen LogP) is 7.25. The largest absolute Gasteiger partial charge is 0.462 e. The summed E-state index contributed by atoms with van der Waals surface area (Å²) in [6.07, 6.45) is 8.71. The molecule has 1 amide bonds. The quantitative estimate of drug-likeness (QED) is 0.332. The zero-order valence-corrected chi connectivity index (χ0v) is 23.5. The van der Waals surface area contributed by atoms with E-state index in [2.05, 4.69) is 15.4 Å². The van der Waals surface area contributed by atoms with Crippen molar-refractivity contribution in [3.8, 4) is 16.9 Å². The van der Waals surface area contributed by atoms with Gasteiger partial charge in [-0.1, -0.05) is 23.2 Å². The maximum atomic E-state index is 14.0. The number of pyridine rings is 1. The van der Waals surface area contributed by atoms with Crippen molar-refractivity contribution in [2.45, 2.75) is 64.3 Å². The van der Waals surface area contributed by atoms with Gasteiger partial charge < -0.3 is 19.7 Å². The van der Waals surface area contributed by atoms with Crippen molar-refractivity contribution in [2.75, 3.05) is 18.4 Å². The van der Waals surface area contributed by atoms with Gasteiger partial charge in [0.2, 0.25) is 6.23 Å². The molecule has 2 aromatic heterocycles. The van der Waals surface area contributed by atoms with Crippen LogP contribution in [-0.4, -0.2) is 44.4 Å². The van der Waals surface area contributed by atoms with Gasteiger partial charge in [0.15, 0.2) is 11.6 Å². The lowest BCUT2D eigenvalue weighted by Gasteiger charge is -2.52. The van der Waals surface area contributed by atoms with Crippen LogP contribution >= 0.6 is 23.2 Å². The number of amides is 1. The SMILES string of the molecule is CC(C)(C)OC(=O)N1CCC2(CC1)CC(n1cc(-c3cnc4c(c3)O[C@@H](c3c(Cl)ccc(F)c3Cl)N4)cn1)C2. The molecule has 0 bridgehead atoms. The average Bonchev–Trinajstić information content (AvgIpc) is 3.51. The van der Waals surface area contributed by atoms with Crippen molar-refractivity contribution in [3.63, 3.8) is 0 Å². The minimum Gasteiger partial charge on any atom is -0.462 e. The molecule has 1 saturated carbocycles. The second-order valence-corrected chi connectivity index (χ2v) is 12.5. The number of hydrogen-bond acceptors (Lipinski definition) is 6. The molecule has 206 valence electrons. The van der Waals surface area contributed by atoms with Crippen molar-refractivity contribution in [1.29, 1.82) is 0 Å². The van der Waals surface area contributed by atoms with Gasteiger partial charge >= 0.3 is 6.09 Å². The van der Waals surface area contributed by atoms with Gasteiger partial charge in [-0.25, -0.2) is 14.2 Å². The Balaban J connectivity index is 1.08.